The highest BCUT2D eigenvalue weighted by Gasteiger charge is 2.38. The molecule has 1 saturated heterocycles. The van der Waals surface area contributed by atoms with Crippen LogP contribution in [0.2, 0.25) is 0 Å². The molecule has 26 heavy (non-hydrogen) atoms. The molecule has 1 atom stereocenters. The average molecular weight is 357 g/mol. The maximum atomic E-state index is 12.6. The molecule has 6 heteroatoms. The minimum atomic E-state index is -0.718. The largest absolute Gasteiger partial charge is 0.393 e. The Labute approximate surface area is 154 Å². The van der Waals surface area contributed by atoms with Gasteiger partial charge in [0, 0.05) is 25.6 Å². The molecule has 1 aromatic carbocycles. The van der Waals surface area contributed by atoms with Crippen LogP contribution in [0.25, 0.3) is 0 Å². The van der Waals surface area contributed by atoms with Crippen LogP contribution >= 0.6 is 0 Å². The van der Waals surface area contributed by atoms with Crippen LogP contribution < -0.4 is 0 Å². The summed E-state index contributed by atoms with van der Waals surface area (Å²) < 4.78 is 5.96. The number of rotatable bonds is 7. The lowest BCUT2D eigenvalue weighted by Gasteiger charge is -2.42. The molecule has 1 aromatic heterocycles. The first kappa shape index (κ1) is 18.6. The number of nitrogens with one attached hydrogen (secondary N) is 1. The Balaban J connectivity index is 1.59. The Morgan fingerprint density at radius 2 is 2.27 bits per heavy atom. The van der Waals surface area contributed by atoms with Crippen molar-refractivity contribution in [2.45, 2.75) is 38.2 Å². The molecule has 6 nitrogen and oxygen atoms in total. The van der Waals surface area contributed by atoms with Crippen molar-refractivity contribution in [2.24, 2.45) is 0 Å². The molecule has 1 fully saturated rings. The number of aryl methyl sites for hydroxylation is 2. The van der Waals surface area contributed by atoms with Gasteiger partial charge in [-0.25, -0.2) is 0 Å². The van der Waals surface area contributed by atoms with Gasteiger partial charge in [0.2, 0.25) is 5.91 Å². The smallest absolute Gasteiger partial charge is 0.222 e. The molecule has 1 aliphatic rings. The van der Waals surface area contributed by atoms with Crippen molar-refractivity contribution >= 4 is 5.91 Å². The second kappa shape index (κ2) is 8.47. The van der Waals surface area contributed by atoms with E-state index in [2.05, 4.69) is 29.3 Å². The van der Waals surface area contributed by atoms with E-state index < -0.39 is 5.60 Å². The zero-order chi connectivity index (χ0) is 18.4. The number of carbonyl (C=O) groups excluding carboxylic acids is 1. The van der Waals surface area contributed by atoms with E-state index in [-0.39, 0.29) is 12.5 Å². The third kappa shape index (κ3) is 4.51. The Bertz CT molecular complexity index is 717. The van der Waals surface area contributed by atoms with Gasteiger partial charge in [-0.2, -0.15) is 5.10 Å². The number of nitrogens with zero attached hydrogens (tertiary/aromatic N) is 2. The molecule has 2 aromatic rings. The molecule has 0 radical (unpaired) electrons. The highest BCUT2D eigenvalue weighted by Crippen LogP contribution is 2.25. The molecule has 0 saturated carbocycles. The molecular formula is C20H27N3O3. The van der Waals surface area contributed by atoms with Crippen molar-refractivity contribution < 1.29 is 14.6 Å². The maximum absolute atomic E-state index is 12.6. The fourth-order valence-corrected chi connectivity index (χ4v) is 3.49. The van der Waals surface area contributed by atoms with Gasteiger partial charge in [-0.15, -0.1) is 0 Å². The number of H-pyrrole nitrogens is 1. The van der Waals surface area contributed by atoms with E-state index in [1.807, 2.05) is 23.2 Å². The second-order valence-electron chi connectivity index (χ2n) is 7.07. The molecule has 0 unspecified atom stereocenters. The lowest BCUT2D eigenvalue weighted by atomic mass is 9.90. The Morgan fingerprint density at radius 3 is 3.00 bits per heavy atom. The molecule has 1 aliphatic heterocycles. The zero-order valence-corrected chi connectivity index (χ0v) is 15.3. The number of ether oxygens (including phenoxy) is 1. The third-order valence-corrected chi connectivity index (χ3v) is 5.07. The molecule has 140 valence electrons. The standard InChI is InChI=1S/C20H27N3O3/c1-16-5-2-3-7-18(16)11-20(15-24)14-23(9-10-26-20)19(25)8-4-6-17-12-21-22-13-17/h2-3,5,7,12-13,24H,4,6,8-11,14-15H2,1H3,(H,21,22)/t20-/m1/s1. The van der Waals surface area contributed by atoms with Crippen molar-refractivity contribution in [1.29, 1.82) is 0 Å². The van der Waals surface area contributed by atoms with Gasteiger partial charge in [-0.3, -0.25) is 9.89 Å². The maximum Gasteiger partial charge on any atom is 0.222 e. The highest BCUT2D eigenvalue weighted by atomic mass is 16.5. The summed E-state index contributed by atoms with van der Waals surface area (Å²) in [7, 11) is 0. The number of amides is 1. The van der Waals surface area contributed by atoms with Crippen LogP contribution in [0, 0.1) is 6.92 Å². The monoisotopic (exact) mass is 357 g/mol. The number of carbonyl (C=O) groups is 1. The number of hydrogen-bond donors (Lipinski definition) is 2. The fourth-order valence-electron chi connectivity index (χ4n) is 3.49. The summed E-state index contributed by atoms with van der Waals surface area (Å²) in [6.45, 7) is 3.44. The van der Waals surface area contributed by atoms with E-state index >= 15 is 0 Å². The second-order valence-corrected chi connectivity index (χ2v) is 7.07. The van der Waals surface area contributed by atoms with Crippen LogP contribution in [0.15, 0.2) is 36.7 Å². The Hall–Kier alpha value is -2.18. The third-order valence-electron chi connectivity index (χ3n) is 5.07. The summed E-state index contributed by atoms with van der Waals surface area (Å²) in [5, 5.41) is 16.7. The minimum absolute atomic E-state index is 0.0971. The molecule has 0 aliphatic carbocycles. The molecular weight excluding hydrogens is 330 g/mol. The summed E-state index contributed by atoms with van der Waals surface area (Å²) in [6, 6.07) is 8.11. The van der Waals surface area contributed by atoms with Crippen LogP contribution in [0.3, 0.4) is 0 Å². The minimum Gasteiger partial charge on any atom is -0.393 e. The first-order chi connectivity index (χ1) is 12.6. The number of aromatic amines is 1. The van der Waals surface area contributed by atoms with Gasteiger partial charge in [0.1, 0.15) is 5.60 Å². The van der Waals surface area contributed by atoms with Gasteiger partial charge >= 0.3 is 0 Å². The summed E-state index contributed by atoms with van der Waals surface area (Å²) in [5.74, 6) is 0.124. The topological polar surface area (TPSA) is 78.5 Å². The van der Waals surface area contributed by atoms with Crippen molar-refractivity contribution in [2.75, 3.05) is 26.3 Å². The predicted octanol–water partition coefficient (Wildman–Crippen LogP) is 1.87. The molecule has 3 rings (SSSR count). The van der Waals surface area contributed by atoms with Crippen molar-refractivity contribution in [3.05, 3.63) is 53.3 Å². The van der Waals surface area contributed by atoms with Gasteiger partial charge in [0.15, 0.2) is 0 Å². The molecule has 1 amide bonds. The lowest BCUT2D eigenvalue weighted by molar-refractivity contribution is -0.158. The van der Waals surface area contributed by atoms with E-state index in [1.165, 1.54) is 5.56 Å². The quantitative estimate of drug-likeness (QED) is 0.793. The van der Waals surface area contributed by atoms with Gasteiger partial charge in [-0.05, 0) is 36.5 Å². The van der Waals surface area contributed by atoms with E-state index in [0.29, 0.717) is 32.5 Å². The van der Waals surface area contributed by atoms with Crippen molar-refractivity contribution in [1.82, 2.24) is 15.1 Å². The summed E-state index contributed by atoms with van der Waals surface area (Å²) in [5.41, 5.74) is 2.72. The predicted molar refractivity (Wildman–Crippen MR) is 98.8 cm³/mol. The van der Waals surface area contributed by atoms with E-state index in [9.17, 15) is 9.90 Å². The molecule has 0 spiro atoms. The van der Waals surface area contributed by atoms with Gasteiger partial charge < -0.3 is 14.7 Å². The number of hydrogen-bond acceptors (Lipinski definition) is 4. The van der Waals surface area contributed by atoms with Gasteiger partial charge in [0.05, 0.1) is 26.0 Å². The van der Waals surface area contributed by atoms with E-state index in [1.54, 1.807) is 6.20 Å². The number of aromatic nitrogens is 2. The molecule has 2 heterocycles. The number of aliphatic hydroxyl groups excluding tert-OH is 1. The normalized spacial score (nSPS) is 20.3. The SMILES string of the molecule is Cc1ccccc1C[C@]1(CO)CN(C(=O)CCCc2cn[nH]c2)CCO1. The van der Waals surface area contributed by atoms with E-state index in [0.717, 1.165) is 24.0 Å². The van der Waals surface area contributed by atoms with Crippen molar-refractivity contribution in [3.8, 4) is 0 Å². The van der Waals surface area contributed by atoms with Crippen LogP contribution in [-0.2, 0) is 22.4 Å². The number of morpholine rings is 1. The zero-order valence-electron chi connectivity index (χ0n) is 15.3. The van der Waals surface area contributed by atoms with Crippen LogP contribution in [-0.4, -0.2) is 58.0 Å². The first-order valence-corrected chi connectivity index (χ1v) is 9.17. The summed E-state index contributed by atoms with van der Waals surface area (Å²) in [4.78, 5) is 14.5. The Morgan fingerprint density at radius 1 is 1.42 bits per heavy atom. The van der Waals surface area contributed by atoms with Crippen LogP contribution in [0.4, 0.5) is 0 Å². The molecule has 2 N–H and O–H groups in total. The lowest BCUT2D eigenvalue weighted by Crippen LogP contribution is -2.56. The van der Waals surface area contributed by atoms with Crippen LogP contribution in [0.5, 0.6) is 0 Å². The Kier molecular flexibility index (Phi) is 6.06. The first-order valence-electron chi connectivity index (χ1n) is 9.17. The fraction of sp³-hybridized carbons (Fsp3) is 0.500. The highest BCUT2D eigenvalue weighted by molar-refractivity contribution is 5.76. The van der Waals surface area contributed by atoms with Crippen molar-refractivity contribution in [3.63, 3.8) is 0 Å². The summed E-state index contributed by atoms with van der Waals surface area (Å²) in [6.07, 6.45) is 6.38. The van der Waals surface area contributed by atoms with Gasteiger partial charge in [0.25, 0.3) is 0 Å². The van der Waals surface area contributed by atoms with Gasteiger partial charge in [-0.1, -0.05) is 24.3 Å². The summed E-state index contributed by atoms with van der Waals surface area (Å²) >= 11 is 0. The number of aliphatic hydroxyl groups is 1. The average Bonchev–Trinajstić information content (AvgIpc) is 3.17. The molecule has 0 bridgehead atoms. The van der Waals surface area contributed by atoms with Crippen LogP contribution in [0.1, 0.15) is 29.5 Å². The van der Waals surface area contributed by atoms with E-state index in [4.69, 9.17) is 4.74 Å². The number of benzene rings is 1.